The van der Waals surface area contributed by atoms with Gasteiger partial charge in [-0.25, -0.2) is 0 Å². The second-order valence-corrected chi connectivity index (χ2v) is 7.32. The highest BCUT2D eigenvalue weighted by Crippen LogP contribution is 2.38. The van der Waals surface area contributed by atoms with Gasteiger partial charge >= 0.3 is 0 Å². The van der Waals surface area contributed by atoms with Gasteiger partial charge in [0.25, 0.3) is 0 Å². The van der Waals surface area contributed by atoms with Crippen molar-refractivity contribution in [3.63, 3.8) is 0 Å². The third kappa shape index (κ3) is 3.44. The number of hydrogen-bond donors (Lipinski definition) is 0. The Morgan fingerprint density at radius 2 is 1.61 bits per heavy atom. The molecule has 0 spiro atoms. The fourth-order valence-electron chi connectivity index (χ4n) is 3.88. The number of nitrogens with zero attached hydrogens (tertiary/aromatic N) is 2. The van der Waals surface area contributed by atoms with Crippen LogP contribution in [0.3, 0.4) is 0 Å². The van der Waals surface area contributed by atoms with Crippen molar-refractivity contribution in [3.8, 4) is 0 Å². The van der Waals surface area contributed by atoms with Crippen LogP contribution >= 0.6 is 0 Å². The molecule has 1 aliphatic heterocycles. The average molecular weight is 315 g/mol. The molecule has 0 unspecified atom stereocenters. The van der Waals surface area contributed by atoms with Gasteiger partial charge in [-0.15, -0.1) is 0 Å². The SMILES string of the molecule is CC(=O)N1C(C)(C)CC(=Nc2ccccc2C(=O)[O-])CC1(C)C. The van der Waals surface area contributed by atoms with Crippen molar-refractivity contribution < 1.29 is 14.7 Å². The van der Waals surface area contributed by atoms with Gasteiger partial charge in [0.1, 0.15) is 0 Å². The Hall–Kier alpha value is -2.17. The molecule has 23 heavy (non-hydrogen) atoms. The maximum atomic E-state index is 12.0. The maximum Gasteiger partial charge on any atom is 0.220 e. The maximum absolute atomic E-state index is 12.0. The smallest absolute Gasteiger partial charge is 0.220 e. The number of carbonyl (C=O) groups is 2. The summed E-state index contributed by atoms with van der Waals surface area (Å²) in [6.07, 6.45) is 1.22. The number of amides is 1. The van der Waals surface area contributed by atoms with E-state index in [2.05, 4.69) is 4.99 Å². The molecule has 1 amide bonds. The zero-order valence-corrected chi connectivity index (χ0v) is 14.3. The first-order valence-electron chi connectivity index (χ1n) is 7.72. The summed E-state index contributed by atoms with van der Waals surface area (Å²) >= 11 is 0. The van der Waals surface area contributed by atoms with Crippen LogP contribution in [0.1, 0.15) is 57.8 Å². The number of rotatable bonds is 2. The Labute approximate surface area is 137 Å². The van der Waals surface area contributed by atoms with E-state index < -0.39 is 5.97 Å². The van der Waals surface area contributed by atoms with Crippen molar-refractivity contribution in [2.75, 3.05) is 0 Å². The van der Waals surface area contributed by atoms with Gasteiger partial charge in [0.15, 0.2) is 0 Å². The summed E-state index contributed by atoms with van der Waals surface area (Å²) in [6, 6.07) is 6.58. The Bertz CT molecular complexity index is 655. The van der Waals surface area contributed by atoms with E-state index in [9.17, 15) is 14.7 Å². The van der Waals surface area contributed by atoms with Gasteiger partial charge in [0, 0.05) is 42.1 Å². The highest BCUT2D eigenvalue weighted by molar-refractivity contribution is 5.96. The molecule has 0 aliphatic carbocycles. The Morgan fingerprint density at radius 1 is 1.09 bits per heavy atom. The number of benzene rings is 1. The first-order chi connectivity index (χ1) is 10.5. The number of aliphatic imine (C=N–C) groups is 1. The highest BCUT2D eigenvalue weighted by atomic mass is 16.4. The molecule has 1 fully saturated rings. The highest BCUT2D eigenvalue weighted by Gasteiger charge is 2.45. The first-order valence-corrected chi connectivity index (χ1v) is 7.72. The number of carboxylic acids is 1. The van der Waals surface area contributed by atoms with Crippen LogP contribution in [0.25, 0.3) is 0 Å². The van der Waals surface area contributed by atoms with Crippen molar-refractivity contribution >= 4 is 23.3 Å². The van der Waals surface area contributed by atoms with E-state index in [1.165, 1.54) is 6.07 Å². The lowest BCUT2D eigenvalue weighted by Gasteiger charge is -2.52. The fourth-order valence-corrected chi connectivity index (χ4v) is 3.88. The summed E-state index contributed by atoms with van der Waals surface area (Å²) in [7, 11) is 0. The van der Waals surface area contributed by atoms with E-state index >= 15 is 0 Å². The molecule has 0 N–H and O–H groups in total. The van der Waals surface area contributed by atoms with Crippen LogP contribution in [0.2, 0.25) is 0 Å². The molecular formula is C18H23N2O3-. The summed E-state index contributed by atoms with van der Waals surface area (Å²) < 4.78 is 0. The van der Waals surface area contributed by atoms with Crippen molar-refractivity contribution in [2.24, 2.45) is 4.99 Å². The largest absolute Gasteiger partial charge is 0.545 e. The Kier molecular flexibility index (Phi) is 4.33. The van der Waals surface area contributed by atoms with Crippen molar-refractivity contribution in [3.05, 3.63) is 29.8 Å². The summed E-state index contributed by atoms with van der Waals surface area (Å²) in [5, 5.41) is 11.2. The number of carboxylic acid groups (broad SMARTS) is 1. The molecule has 0 atom stereocenters. The quantitative estimate of drug-likeness (QED) is 0.840. The van der Waals surface area contributed by atoms with Gasteiger partial charge in [0.2, 0.25) is 5.91 Å². The van der Waals surface area contributed by atoms with Crippen LogP contribution in [0.5, 0.6) is 0 Å². The average Bonchev–Trinajstić information content (AvgIpc) is 2.34. The number of para-hydroxylation sites is 1. The van der Waals surface area contributed by atoms with E-state index in [-0.39, 0.29) is 22.5 Å². The lowest BCUT2D eigenvalue weighted by molar-refractivity contribution is -0.254. The molecule has 1 saturated heterocycles. The van der Waals surface area contributed by atoms with Gasteiger partial charge in [-0.1, -0.05) is 18.2 Å². The molecule has 1 aromatic carbocycles. The fraction of sp³-hybridized carbons (Fsp3) is 0.500. The number of carbonyl (C=O) groups excluding carboxylic acids is 2. The van der Waals surface area contributed by atoms with Gasteiger partial charge in [-0.2, -0.15) is 0 Å². The van der Waals surface area contributed by atoms with E-state index in [1.54, 1.807) is 25.1 Å². The molecule has 0 bridgehead atoms. The predicted octanol–water partition coefficient (Wildman–Crippen LogP) is 2.32. The molecule has 1 aromatic rings. The van der Waals surface area contributed by atoms with Crippen molar-refractivity contribution in [1.82, 2.24) is 4.90 Å². The minimum absolute atomic E-state index is 0.0363. The van der Waals surface area contributed by atoms with Crippen molar-refractivity contribution in [2.45, 2.75) is 58.5 Å². The van der Waals surface area contributed by atoms with Crippen LogP contribution in [-0.4, -0.2) is 33.6 Å². The minimum atomic E-state index is -1.23. The molecule has 1 heterocycles. The lowest BCUT2D eigenvalue weighted by atomic mass is 9.78. The van der Waals surface area contributed by atoms with Gasteiger partial charge in [0.05, 0.1) is 11.7 Å². The lowest BCUT2D eigenvalue weighted by Crippen LogP contribution is -2.62. The zero-order chi connectivity index (χ0) is 17.4. The molecule has 1 aliphatic rings. The summed E-state index contributed by atoms with van der Waals surface area (Å²) in [6.45, 7) is 9.62. The van der Waals surface area contributed by atoms with Crippen LogP contribution in [0.15, 0.2) is 29.3 Å². The molecule has 5 nitrogen and oxygen atoms in total. The number of hydrogen-bond acceptors (Lipinski definition) is 4. The monoisotopic (exact) mass is 315 g/mol. The molecule has 0 radical (unpaired) electrons. The second-order valence-electron chi connectivity index (χ2n) is 7.32. The normalized spacial score (nSPS) is 19.3. The van der Waals surface area contributed by atoms with Gasteiger partial charge < -0.3 is 14.8 Å². The number of aromatic carboxylic acids is 1. The van der Waals surface area contributed by atoms with Crippen LogP contribution < -0.4 is 5.11 Å². The van der Waals surface area contributed by atoms with Crippen LogP contribution in [0.4, 0.5) is 5.69 Å². The Balaban J connectivity index is 2.44. The van der Waals surface area contributed by atoms with Crippen LogP contribution in [0, 0.1) is 0 Å². The third-order valence-electron chi connectivity index (χ3n) is 4.20. The van der Waals surface area contributed by atoms with E-state index in [1.807, 2.05) is 32.6 Å². The van der Waals surface area contributed by atoms with E-state index in [0.717, 1.165) is 5.71 Å². The topological polar surface area (TPSA) is 72.8 Å². The number of likely N-dealkylation sites (tertiary alicyclic amines) is 1. The predicted molar refractivity (Wildman–Crippen MR) is 87.8 cm³/mol. The minimum Gasteiger partial charge on any atom is -0.545 e. The standard InChI is InChI=1S/C18H24N2O3/c1-12(21)20-17(2,3)10-13(11-18(20,4)5)19-15-9-7-6-8-14(15)16(22)23/h6-9H,10-11H2,1-5H3,(H,22,23)/p-1. The summed E-state index contributed by atoms with van der Waals surface area (Å²) in [5.74, 6) is -1.20. The Morgan fingerprint density at radius 3 is 2.09 bits per heavy atom. The molecule has 2 rings (SSSR count). The van der Waals surface area contributed by atoms with Gasteiger partial charge in [-0.3, -0.25) is 9.79 Å². The number of piperidine rings is 1. The third-order valence-corrected chi connectivity index (χ3v) is 4.20. The molecular weight excluding hydrogens is 292 g/mol. The van der Waals surface area contributed by atoms with E-state index in [0.29, 0.717) is 18.5 Å². The second kappa shape index (κ2) is 5.80. The van der Waals surface area contributed by atoms with E-state index in [4.69, 9.17) is 0 Å². The molecule has 0 aromatic heterocycles. The summed E-state index contributed by atoms with van der Waals surface area (Å²) in [5.41, 5.74) is 0.646. The zero-order valence-electron chi connectivity index (χ0n) is 14.3. The molecule has 124 valence electrons. The van der Waals surface area contributed by atoms with Gasteiger partial charge in [-0.05, 0) is 33.8 Å². The van der Waals surface area contributed by atoms with Crippen LogP contribution in [-0.2, 0) is 4.79 Å². The molecule has 5 heteroatoms. The van der Waals surface area contributed by atoms with Crippen molar-refractivity contribution in [1.29, 1.82) is 0 Å². The molecule has 0 saturated carbocycles. The summed E-state index contributed by atoms with van der Waals surface area (Å²) in [4.78, 5) is 29.7. The first kappa shape index (κ1) is 17.2.